The maximum absolute atomic E-state index is 10.4. The van der Waals surface area contributed by atoms with Crippen molar-refractivity contribution in [3.8, 4) is 0 Å². The third-order valence-electron chi connectivity index (χ3n) is 0.652. The van der Waals surface area contributed by atoms with E-state index in [-0.39, 0.29) is 0 Å². The van der Waals surface area contributed by atoms with E-state index in [9.17, 15) is 18.0 Å². The number of amides is 1. The third-order valence-corrected chi connectivity index (χ3v) is 1.14. The van der Waals surface area contributed by atoms with E-state index in [0.29, 0.717) is 0 Å². The summed E-state index contributed by atoms with van der Waals surface area (Å²) in [5.74, 6) is -1.52. The highest BCUT2D eigenvalue weighted by Crippen LogP contribution is 1.83. The van der Waals surface area contributed by atoms with Crippen molar-refractivity contribution in [3.63, 3.8) is 0 Å². The van der Waals surface area contributed by atoms with E-state index in [0.717, 1.165) is 6.92 Å². The largest absolute Gasteiger partial charge is 0.359 e. The van der Waals surface area contributed by atoms with Crippen molar-refractivity contribution in [2.45, 2.75) is 13.3 Å². The summed E-state index contributed by atoms with van der Waals surface area (Å²) in [6, 6.07) is 0. The molecule has 0 atom stereocenters. The highest BCUT2D eigenvalue weighted by Gasteiger charge is 2.11. The van der Waals surface area contributed by atoms with Crippen LogP contribution < -0.4 is 4.72 Å². The molecule has 0 saturated heterocycles. The Morgan fingerprint density at radius 3 is 1.87 bits per heavy atom. The van der Waals surface area contributed by atoms with E-state index >= 15 is 0 Å². The van der Waals surface area contributed by atoms with Crippen LogP contribution in [0.3, 0.4) is 0 Å². The topological polar surface area (TPSA) is 155 Å². The quantitative estimate of drug-likeness (QED) is 0.258. The number of carbonyl (C=O) groups is 2. The molecule has 0 spiro atoms. The van der Waals surface area contributed by atoms with Crippen LogP contribution in [0.4, 0.5) is 0 Å². The Hall–Kier alpha value is -1.04. The number of ketones is 1. The fourth-order valence-corrected chi connectivity index (χ4v) is 0.766. The molecule has 0 aromatic heterocycles. The predicted octanol–water partition coefficient (Wildman–Crippen LogP) is -2.04. The third kappa shape index (κ3) is 24.6. The van der Waals surface area contributed by atoms with Gasteiger partial charge in [-0.1, -0.05) is 0 Å². The van der Waals surface area contributed by atoms with Gasteiger partial charge in [0.2, 0.25) is 5.91 Å². The summed E-state index contributed by atoms with van der Waals surface area (Å²) in [7, 11) is -7.64. The van der Waals surface area contributed by atoms with Crippen molar-refractivity contribution in [1.82, 2.24) is 4.72 Å². The molecule has 0 rings (SSSR count). The van der Waals surface area contributed by atoms with Gasteiger partial charge < -0.3 is 0 Å². The van der Waals surface area contributed by atoms with Gasteiger partial charge in [-0.25, -0.2) is 13.1 Å². The van der Waals surface area contributed by atoms with Crippen LogP contribution in [0.1, 0.15) is 13.3 Å². The smallest absolute Gasteiger partial charge is 0.299 e. The van der Waals surface area contributed by atoms with Gasteiger partial charge in [-0.15, -0.1) is 0 Å². The number of nitrogens with one attached hydrogen (secondary N) is 1. The molecule has 1 amide bonds. The average molecular weight is 263 g/mol. The zero-order valence-corrected chi connectivity index (χ0v) is 9.12. The van der Waals surface area contributed by atoms with E-state index in [1.807, 2.05) is 0 Å². The minimum atomic E-state index is -4.52. The Labute approximate surface area is 87.1 Å². The van der Waals surface area contributed by atoms with Crippen molar-refractivity contribution in [1.29, 1.82) is 0 Å². The first-order valence-electron chi connectivity index (χ1n) is 3.15. The molecule has 0 radical (unpaired) electrons. The maximum atomic E-state index is 10.4. The molecule has 0 aromatic carbocycles. The molecule has 0 bridgehead atoms. The first-order chi connectivity index (χ1) is 6.54. The predicted molar refractivity (Wildman–Crippen MR) is 47.9 cm³/mol. The number of hydrogen-bond acceptors (Lipinski definition) is 6. The van der Waals surface area contributed by atoms with E-state index in [1.54, 1.807) is 0 Å². The second-order valence-corrected chi connectivity index (χ2v) is 3.75. The van der Waals surface area contributed by atoms with Gasteiger partial charge in [-0.05, 0) is 6.92 Å². The molecular formula is C4H9NO8S2. The first-order valence-corrected chi connectivity index (χ1v) is 5.72. The lowest BCUT2D eigenvalue weighted by Crippen LogP contribution is -2.30. The standard InChI is InChI=1S/C4H7NO5S.H2O3S/c1-3(6)2-4(7)5-11(8,9)10;1-4(2)3/h2H2,1H3,(H,5,7)(H,8,9,10);4H,(H,1,2,3). The van der Waals surface area contributed by atoms with Crippen molar-refractivity contribution in [2.75, 3.05) is 0 Å². The molecule has 0 fully saturated rings. The molecule has 0 unspecified atom stereocenters. The van der Waals surface area contributed by atoms with Crippen LogP contribution in [0.2, 0.25) is 0 Å². The van der Waals surface area contributed by atoms with Crippen molar-refractivity contribution in [2.24, 2.45) is 0 Å². The van der Waals surface area contributed by atoms with Gasteiger partial charge in [0, 0.05) is 0 Å². The minimum Gasteiger partial charge on any atom is -0.299 e. The van der Waals surface area contributed by atoms with Gasteiger partial charge >= 0.3 is 10.3 Å². The lowest BCUT2D eigenvalue weighted by Gasteiger charge is -1.96. The summed E-state index contributed by atoms with van der Waals surface area (Å²) in [6.45, 7) is 1.13. The first kappa shape index (κ1) is 16.4. The summed E-state index contributed by atoms with van der Waals surface area (Å²) in [4.78, 5) is 20.6. The molecule has 0 aliphatic rings. The Morgan fingerprint density at radius 2 is 1.67 bits per heavy atom. The van der Waals surface area contributed by atoms with Crippen LogP contribution in [-0.2, 0) is 30.9 Å². The van der Waals surface area contributed by atoms with Crippen LogP contribution in [0.5, 0.6) is 0 Å². The van der Waals surface area contributed by atoms with Crippen LogP contribution in [0.25, 0.3) is 0 Å². The maximum Gasteiger partial charge on any atom is 0.359 e. The Morgan fingerprint density at radius 1 is 1.33 bits per heavy atom. The number of carbonyl (C=O) groups excluding carboxylic acids is 2. The van der Waals surface area contributed by atoms with E-state index < -0.39 is 39.4 Å². The fourth-order valence-electron chi connectivity index (χ4n) is 0.406. The number of thiol groups is 1. The monoisotopic (exact) mass is 263 g/mol. The van der Waals surface area contributed by atoms with Gasteiger partial charge in [0.25, 0.3) is 11.0 Å². The lowest BCUT2D eigenvalue weighted by molar-refractivity contribution is -0.126. The Balaban J connectivity index is 0. The molecule has 0 saturated carbocycles. The van der Waals surface area contributed by atoms with Crippen LogP contribution >= 0.6 is 0 Å². The molecule has 0 heterocycles. The van der Waals surface area contributed by atoms with Gasteiger partial charge in [0.1, 0.15) is 5.78 Å². The normalized spacial score (nSPS) is 10.1. The molecule has 3 N–H and O–H groups in total. The van der Waals surface area contributed by atoms with Crippen LogP contribution in [0, 0.1) is 0 Å². The van der Waals surface area contributed by atoms with E-state index in [4.69, 9.17) is 17.5 Å². The summed E-state index contributed by atoms with van der Waals surface area (Å²) in [6.07, 6.45) is -0.556. The zero-order chi connectivity index (χ0) is 12.6. The zero-order valence-electron chi connectivity index (χ0n) is 7.41. The van der Waals surface area contributed by atoms with Crippen molar-refractivity contribution in [3.05, 3.63) is 0 Å². The molecule has 15 heavy (non-hydrogen) atoms. The fraction of sp³-hybridized carbons (Fsp3) is 0.500. The lowest BCUT2D eigenvalue weighted by atomic mass is 10.3. The van der Waals surface area contributed by atoms with E-state index in [1.165, 1.54) is 4.72 Å². The number of rotatable bonds is 3. The second kappa shape index (κ2) is 7.28. The number of Topliss-reactive ketones (excluding diaryl/α,β-unsaturated/α-hetero) is 1. The van der Waals surface area contributed by atoms with Crippen LogP contribution in [0.15, 0.2) is 0 Å². The average Bonchev–Trinajstić information content (AvgIpc) is 1.76. The Kier molecular flexibility index (Phi) is 7.95. The summed E-state index contributed by atoms with van der Waals surface area (Å²) in [5, 5.41) is 0. The molecule has 0 aliphatic carbocycles. The molecule has 11 heteroatoms. The second-order valence-electron chi connectivity index (χ2n) is 2.12. The SMILES string of the molecule is CC(=O)CC(=O)NS(=O)(=O)O.O=[SH](=O)O. The summed E-state index contributed by atoms with van der Waals surface area (Å²) >= 11 is 0. The Bertz CT molecular complexity index is 385. The highest BCUT2D eigenvalue weighted by atomic mass is 32.2. The van der Waals surface area contributed by atoms with Gasteiger partial charge in [-0.2, -0.15) is 8.42 Å². The van der Waals surface area contributed by atoms with Gasteiger partial charge in [-0.3, -0.25) is 18.7 Å². The van der Waals surface area contributed by atoms with Gasteiger partial charge in [0.05, 0.1) is 6.42 Å². The van der Waals surface area contributed by atoms with Gasteiger partial charge in [0.15, 0.2) is 0 Å². The number of hydrogen-bond donors (Lipinski definition) is 4. The van der Waals surface area contributed by atoms with Crippen LogP contribution in [-0.4, -0.2) is 37.6 Å². The molecular weight excluding hydrogens is 254 g/mol. The van der Waals surface area contributed by atoms with Crippen molar-refractivity contribution < 1.29 is 35.5 Å². The van der Waals surface area contributed by atoms with Crippen molar-refractivity contribution >= 4 is 33.0 Å². The summed E-state index contributed by atoms with van der Waals surface area (Å²) < 4.78 is 53.3. The highest BCUT2D eigenvalue weighted by molar-refractivity contribution is 7.84. The molecule has 9 nitrogen and oxygen atoms in total. The summed E-state index contributed by atoms with van der Waals surface area (Å²) in [5.41, 5.74) is 0. The molecule has 0 aliphatic heterocycles. The molecule has 90 valence electrons. The minimum absolute atomic E-state index is 0.480. The van der Waals surface area contributed by atoms with E-state index in [2.05, 4.69) is 0 Å². The molecule has 0 aromatic rings.